The fraction of sp³-hybridized carbons (Fsp3) is 0.475. The highest BCUT2D eigenvalue weighted by Crippen LogP contribution is 2.44. The number of hydrogen-bond donors (Lipinski definition) is 2. The standard InChI is InChI=1S/C40H47N5O15/c1-23(46)55-22-33-36(57-24(2)47)37(58-25(3)48)38(39(60-33)59-26(4)49)54-18-17-45-19-27(42-43-45)13-14-34(50)44(20-35(51)52)16-15-41-40(53)56-21-32-30-11-7-5-9-28(30)29-10-6-8-12-31(29)32/h5-12,19,32-33,36-39H,13-18,20-22H2,1-4H3,(H,41,53)(H,51,52)/t33-,36-,37+,38-,39-/m1/s1. The number of rotatable bonds is 19. The first-order valence-corrected chi connectivity index (χ1v) is 19.1. The molecule has 1 saturated heterocycles. The zero-order valence-electron chi connectivity index (χ0n) is 33.5. The van der Waals surface area contributed by atoms with E-state index in [9.17, 15) is 38.7 Å². The maximum absolute atomic E-state index is 13.1. The number of alkyl carbamates (subject to hydrolysis) is 1. The Morgan fingerprint density at radius 3 is 2.05 bits per heavy atom. The van der Waals surface area contributed by atoms with Gasteiger partial charge in [0.05, 0.1) is 18.8 Å². The quantitative estimate of drug-likeness (QED) is 0.129. The molecule has 1 aliphatic heterocycles. The average Bonchev–Trinajstić information content (AvgIpc) is 3.78. The van der Waals surface area contributed by atoms with Crippen molar-refractivity contribution in [3.8, 4) is 11.1 Å². The van der Waals surface area contributed by atoms with E-state index in [1.165, 1.54) is 10.9 Å². The second kappa shape index (κ2) is 21.0. The normalized spacial score (nSPS) is 19.2. The highest BCUT2D eigenvalue weighted by molar-refractivity contribution is 5.82. The molecule has 2 N–H and O–H groups in total. The van der Waals surface area contributed by atoms with Gasteiger partial charge in [-0.2, -0.15) is 0 Å². The van der Waals surface area contributed by atoms with Crippen molar-refractivity contribution in [3.63, 3.8) is 0 Å². The Morgan fingerprint density at radius 1 is 0.800 bits per heavy atom. The van der Waals surface area contributed by atoms with Crippen molar-refractivity contribution >= 4 is 41.8 Å². The Hall–Kier alpha value is -6.41. The third-order valence-corrected chi connectivity index (χ3v) is 9.41. The van der Waals surface area contributed by atoms with E-state index < -0.39 is 85.7 Å². The lowest BCUT2D eigenvalue weighted by atomic mass is 9.98. The van der Waals surface area contributed by atoms with Crippen LogP contribution >= 0.6 is 0 Å². The van der Waals surface area contributed by atoms with Gasteiger partial charge in [-0.05, 0) is 22.3 Å². The fourth-order valence-corrected chi connectivity index (χ4v) is 6.94. The van der Waals surface area contributed by atoms with Crippen LogP contribution in [0, 0.1) is 0 Å². The van der Waals surface area contributed by atoms with E-state index in [2.05, 4.69) is 15.6 Å². The molecule has 1 fully saturated rings. The van der Waals surface area contributed by atoms with Gasteiger partial charge in [0.25, 0.3) is 0 Å². The summed E-state index contributed by atoms with van der Waals surface area (Å²) in [6, 6.07) is 15.8. The van der Waals surface area contributed by atoms with Crippen LogP contribution in [0.25, 0.3) is 11.1 Å². The number of fused-ring (bicyclic) bond motifs is 3. The van der Waals surface area contributed by atoms with Crippen LogP contribution < -0.4 is 5.32 Å². The SMILES string of the molecule is CC(=O)OC[C@H]1O[C@@H](OC(C)=O)[C@H](OCCn2cc(CCC(=O)N(CCNC(=O)OCC3c4ccccc4-c4ccccc43)CC(=O)O)nn2)[C@@H](OC(C)=O)[C@@H]1OC(C)=O. The molecule has 60 heavy (non-hydrogen) atoms. The highest BCUT2D eigenvalue weighted by Gasteiger charge is 2.52. The van der Waals surface area contributed by atoms with Crippen LogP contribution in [0.4, 0.5) is 4.79 Å². The van der Waals surface area contributed by atoms with Gasteiger partial charge < -0.3 is 48.5 Å². The Bertz CT molecular complexity index is 1990. The van der Waals surface area contributed by atoms with Gasteiger partial charge in [0.15, 0.2) is 18.3 Å². The molecule has 2 heterocycles. The van der Waals surface area contributed by atoms with E-state index in [-0.39, 0.29) is 51.6 Å². The van der Waals surface area contributed by atoms with Crippen molar-refractivity contribution < 1.29 is 71.8 Å². The fourth-order valence-electron chi connectivity index (χ4n) is 6.94. The van der Waals surface area contributed by atoms with Crippen molar-refractivity contribution in [2.75, 3.05) is 39.5 Å². The number of carboxylic acid groups (broad SMARTS) is 1. The van der Waals surface area contributed by atoms with Crippen molar-refractivity contribution in [2.24, 2.45) is 0 Å². The zero-order valence-corrected chi connectivity index (χ0v) is 33.5. The van der Waals surface area contributed by atoms with Crippen LogP contribution in [0.2, 0.25) is 0 Å². The highest BCUT2D eigenvalue weighted by atomic mass is 16.7. The predicted octanol–water partition coefficient (Wildman–Crippen LogP) is 1.76. The molecule has 0 saturated carbocycles. The van der Waals surface area contributed by atoms with E-state index in [1.54, 1.807) is 0 Å². The summed E-state index contributed by atoms with van der Waals surface area (Å²) in [5.41, 5.74) is 4.68. The Morgan fingerprint density at radius 2 is 1.43 bits per heavy atom. The first kappa shape index (κ1) is 44.7. The average molecular weight is 838 g/mol. The lowest BCUT2D eigenvalue weighted by Gasteiger charge is -2.44. The van der Waals surface area contributed by atoms with Gasteiger partial charge in [-0.15, -0.1) is 5.10 Å². The van der Waals surface area contributed by atoms with Crippen molar-refractivity contribution in [2.45, 2.75) is 83.7 Å². The lowest BCUT2D eigenvalue weighted by Crippen LogP contribution is -2.63. The number of hydrogen-bond acceptors (Lipinski definition) is 16. The van der Waals surface area contributed by atoms with E-state index in [0.29, 0.717) is 5.69 Å². The van der Waals surface area contributed by atoms with E-state index in [4.69, 9.17) is 33.2 Å². The summed E-state index contributed by atoms with van der Waals surface area (Å²) in [5.74, 6) is -4.83. The van der Waals surface area contributed by atoms with Gasteiger partial charge in [0.1, 0.15) is 25.9 Å². The summed E-state index contributed by atoms with van der Waals surface area (Å²) in [5, 5.41) is 20.2. The second-order valence-electron chi connectivity index (χ2n) is 13.9. The molecular formula is C40H47N5O15. The number of carbonyl (C=O) groups excluding carboxylic acids is 6. The monoisotopic (exact) mass is 837 g/mol. The number of aliphatic carboxylic acids is 1. The minimum absolute atomic E-state index is 0.0526. The topological polar surface area (TPSA) is 250 Å². The molecule has 2 aromatic carbocycles. The van der Waals surface area contributed by atoms with Gasteiger partial charge in [-0.25, -0.2) is 9.48 Å². The lowest BCUT2D eigenvalue weighted by molar-refractivity contribution is -0.305. The maximum Gasteiger partial charge on any atom is 0.407 e. The Balaban J connectivity index is 1.12. The number of carbonyl (C=O) groups is 7. The van der Waals surface area contributed by atoms with Crippen LogP contribution in [0.3, 0.4) is 0 Å². The minimum Gasteiger partial charge on any atom is -0.480 e. The number of amides is 2. The van der Waals surface area contributed by atoms with Gasteiger partial charge in [0, 0.05) is 65.7 Å². The summed E-state index contributed by atoms with van der Waals surface area (Å²) in [6.45, 7) is 3.36. The number of nitrogens with one attached hydrogen (secondary N) is 1. The van der Waals surface area contributed by atoms with Gasteiger partial charge >= 0.3 is 35.9 Å². The summed E-state index contributed by atoms with van der Waals surface area (Å²) < 4.78 is 40.0. The Kier molecular flexibility index (Phi) is 15.7. The van der Waals surface area contributed by atoms with Crippen molar-refractivity contribution in [1.29, 1.82) is 0 Å². The predicted molar refractivity (Wildman–Crippen MR) is 204 cm³/mol. The molecule has 0 unspecified atom stereocenters. The third kappa shape index (κ3) is 12.3. The number of nitrogens with zero attached hydrogens (tertiary/aromatic N) is 4. The number of ether oxygens (including phenoxy) is 7. The Labute approximate surface area is 344 Å². The van der Waals surface area contributed by atoms with E-state index in [1.807, 2.05) is 48.5 Å². The number of aryl methyl sites for hydroxylation is 1. The first-order valence-electron chi connectivity index (χ1n) is 19.1. The molecule has 5 atom stereocenters. The molecule has 20 heteroatoms. The molecule has 0 bridgehead atoms. The van der Waals surface area contributed by atoms with Crippen LogP contribution in [-0.4, -0.2) is 137 Å². The maximum atomic E-state index is 13.1. The molecule has 1 aliphatic carbocycles. The molecule has 20 nitrogen and oxygen atoms in total. The molecular weight excluding hydrogens is 790 g/mol. The van der Waals surface area contributed by atoms with E-state index >= 15 is 0 Å². The summed E-state index contributed by atoms with van der Waals surface area (Å²) in [7, 11) is 0. The largest absolute Gasteiger partial charge is 0.480 e. The van der Waals surface area contributed by atoms with Crippen LogP contribution in [0.15, 0.2) is 54.7 Å². The van der Waals surface area contributed by atoms with Crippen LogP contribution in [-0.2, 0) is 74.9 Å². The van der Waals surface area contributed by atoms with Crippen molar-refractivity contribution in [1.82, 2.24) is 25.2 Å². The molecule has 1 aromatic heterocycles. The smallest absolute Gasteiger partial charge is 0.407 e. The number of aromatic nitrogens is 3. The molecule has 0 spiro atoms. The molecule has 5 rings (SSSR count). The van der Waals surface area contributed by atoms with Crippen LogP contribution in [0.1, 0.15) is 56.9 Å². The molecule has 3 aromatic rings. The van der Waals surface area contributed by atoms with Crippen molar-refractivity contribution in [3.05, 3.63) is 71.5 Å². The summed E-state index contributed by atoms with van der Waals surface area (Å²) in [4.78, 5) is 86.2. The summed E-state index contributed by atoms with van der Waals surface area (Å²) >= 11 is 0. The van der Waals surface area contributed by atoms with Gasteiger partial charge in [0.2, 0.25) is 12.2 Å². The van der Waals surface area contributed by atoms with Crippen LogP contribution in [0.5, 0.6) is 0 Å². The second-order valence-corrected chi connectivity index (χ2v) is 13.9. The molecule has 2 amide bonds. The number of benzene rings is 2. The van der Waals surface area contributed by atoms with Gasteiger partial charge in [-0.3, -0.25) is 28.8 Å². The summed E-state index contributed by atoms with van der Waals surface area (Å²) in [6.07, 6.45) is -5.83. The number of carboxylic acids is 1. The molecule has 2 aliphatic rings. The first-order chi connectivity index (χ1) is 28.7. The van der Waals surface area contributed by atoms with Gasteiger partial charge in [-0.1, -0.05) is 53.7 Å². The number of esters is 4. The molecule has 322 valence electrons. The third-order valence-electron chi connectivity index (χ3n) is 9.41. The minimum atomic E-state index is -1.47. The molecule has 0 radical (unpaired) electrons. The zero-order chi connectivity index (χ0) is 43.3. The van der Waals surface area contributed by atoms with E-state index in [0.717, 1.165) is 54.8 Å².